The van der Waals surface area contributed by atoms with Gasteiger partial charge < -0.3 is 16.2 Å². The first-order valence-electron chi connectivity index (χ1n) is 7.04. The van der Waals surface area contributed by atoms with E-state index >= 15 is 0 Å². The molecule has 0 spiro atoms. The van der Waals surface area contributed by atoms with Crippen molar-refractivity contribution in [1.82, 2.24) is 4.90 Å². The van der Waals surface area contributed by atoms with E-state index in [4.69, 9.17) is 10.8 Å². The second-order valence-electron chi connectivity index (χ2n) is 4.93. The predicted octanol–water partition coefficient (Wildman–Crippen LogP) is 1.18. The zero-order valence-electron chi connectivity index (χ0n) is 12.1. The number of hydrogen-bond acceptors (Lipinski definition) is 4. The third kappa shape index (κ3) is 6.14. The molecule has 0 unspecified atom stereocenters. The monoisotopic (exact) mass is 279 g/mol. The number of hydrogen-bond donors (Lipinski definition) is 3. The van der Waals surface area contributed by atoms with E-state index in [9.17, 15) is 4.79 Å². The molecular formula is C15H25N3O2. The van der Waals surface area contributed by atoms with E-state index in [2.05, 4.69) is 5.32 Å². The molecule has 5 heteroatoms. The van der Waals surface area contributed by atoms with Crippen LogP contribution in [-0.4, -0.2) is 42.7 Å². The van der Waals surface area contributed by atoms with Crippen molar-refractivity contribution in [2.24, 2.45) is 5.73 Å². The number of benzene rings is 1. The minimum Gasteiger partial charge on any atom is -0.396 e. The molecular weight excluding hydrogens is 254 g/mol. The lowest BCUT2D eigenvalue weighted by Crippen LogP contribution is -2.31. The van der Waals surface area contributed by atoms with Crippen LogP contribution < -0.4 is 11.1 Å². The van der Waals surface area contributed by atoms with Crippen molar-refractivity contribution >= 4 is 11.6 Å². The first kappa shape index (κ1) is 16.6. The third-order valence-electron chi connectivity index (χ3n) is 3.12. The smallest absolute Gasteiger partial charge is 0.238 e. The highest BCUT2D eigenvalue weighted by atomic mass is 16.2. The van der Waals surface area contributed by atoms with Crippen molar-refractivity contribution < 1.29 is 9.90 Å². The molecule has 1 amide bonds. The Balaban J connectivity index is 2.35. The molecule has 0 saturated heterocycles. The molecule has 1 aromatic carbocycles. The van der Waals surface area contributed by atoms with Gasteiger partial charge in [-0.1, -0.05) is 18.2 Å². The van der Waals surface area contributed by atoms with Crippen LogP contribution in [0, 0.1) is 0 Å². The van der Waals surface area contributed by atoms with E-state index in [1.807, 2.05) is 36.2 Å². The number of para-hydroxylation sites is 1. The summed E-state index contributed by atoms with van der Waals surface area (Å²) in [5.74, 6) is -0.0319. The van der Waals surface area contributed by atoms with Gasteiger partial charge in [0.25, 0.3) is 0 Å². The zero-order valence-corrected chi connectivity index (χ0v) is 12.1. The number of unbranched alkanes of at least 4 members (excludes halogenated alkanes) is 2. The number of nitrogens with one attached hydrogen (secondary N) is 1. The molecule has 0 aliphatic carbocycles. The van der Waals surface area contributed by atoms with Gasteiger partial charge >= 0.3 is 0 Å². The summed E-state index contributed by atoms with van der Waals surface area (Å²) in [5, 5.41) is 11.6. The molecule has 5 nitrogen and oxygen atoms in total. The van der Waals surface area contributed by atoms with Crippen molar-refractivity contribution in [3.8, 4) is 0 Å². The molecule has 0 atom stereocenters. The zero-order chi connectivity index (χ0) is 14.8. The summed E-state index contributed by atoms with van der Waals surface area (Å²) in [5.41, 5.74) is 7.36. The lowest BCUT2D eigenvalue weighted by atomic mass is 10.2. The number of aliphatic hydroxyl groups excluding tert-OH is 1. The Labute approximate surface area is 120 Å². The number of anilines is 1. The molecule has 1 aromatic rings. The number of aliphatic hydroxyl groups is 1. The molecule has 0 aliphatic heterocycles. The van der Waals surface area contributed by atoms with Crippen LogP contribution in [0.4, 0.5) is 5.69 Å². The highest BCUT2D eigenvalue weighted by Crippen LogP contribution is 2.13. The van der Waals surface area contributed by atoms with Gasteiger partial charge in [0.15, 0.2) is 0 Å². The maximum Gasteiger partial charge on any atom is 0.238 e. The van der Waals surface area contributed by atoms with Crippen molar-refractivity contribution in [2.45, 2.75) is 25.8 Å². The maximum absolute atomic E-state index is 11.9. The van der Waals surface area contributed by atoms with E-state index in [-0.39, 0.29) is 12.5 Å². The molecule has 0 bridgehead atoms. The second kappa shape index (κ2) is 9.47. The standard InChI is InChI=1S/C15H25N3O2/c1-18(9-5-2-6-10-19)12-15(20)17-14-8-4-3-7-13(14)11-16/h3-4,7-8,19H,2,5-6,9-12,16H2,1H3,(H,17,20). The molecule has 20 heavy (non-hydrogen) atoms. The fourth-order valence-corrected chi connectivity index (χ4v) is 2.00. The van der Waals surface area contributed by atoms with E-state index < -0.39 is 0 Å². The number of carbonyl (C=O) groups excluding carboxylic acids is 1. The van der Waals surface area contributed by atoms with E-state index in [1.54, 1.807) is 0 Å². The minimum absolute atomic E-state index is 0.0319. The van der Waals surface area contributed by atoms with Gasteiger partial charge in [-0.15, -0.1) is 0 Å². The largest absolute Gasteiger partial charge is 0.396 e. The van der Waals surface area contributed by atoms with Crippen LogP contribution in [0.2, 0.25) is 0 Å². The number of rotatable bonds is 9. The Bertz CT molecular complexity index is 410. The lowest BCUT2D eigenvalue weighted by Gasteiger charge is -2.17. The average Bonchev–Trinajstić information content (AvgIpc) is 2.44. The summed E-state index contributed by atoms with van der Waals surface area (Å²) in [7, 11) is 1.92. The van der Waals surface area contributed by atoms with Gasteiger partial charge in [0, 0.05) is 18.8 Å². The minimum atomic E-state index is -0.0319. The summed E-state index contributed by atoms with van der Waals surface area (Å²) >= 11 is 0. The van der Waals surface area contributed by atoms with E-state index in [1.165, 1.54) is 0 Å². The van der Waals surface area contributed by atoms with Crippen molar-refractivity contribution in [3.63, 3.8) is 0 Å². The van der Waals surface area contributed by atoms with Crippen molar-refractivity contribution in [2.75, 3.05) is 32.1 Å². The summed E-state index contributed by atoms with van der Waals surface area (Å²) < 4.78 is 0. The Morgan fingerprint density at radius 3 is 2.75 bits per heavy atom. The van der Waals surface area contributed by atoms with Crippen LogP contribution in [0.3, 0.4) is 0 Å². The molecule has 1 rings (SSSR count). The van der Waals surface area contributed by atoms with Crippen molar-refractivity contribution in [1.29, 1.82) is 0 Å². The van der Waals surface area contributed by atoms with Crippen LogP contribution in [0.25, 0.3) is 0 Å². The normalized spacial score (nSPS) is 10.8. The van der Waals surface area contributed by atoms with Crippen molar-refractivity contribution in [3.05, 3.63) is 29.8 Å². The van der Waals surface area contributed by atoms with Gasteiger partial charge in [0.2, 0.25) is 5.91 Å². The summed E-state index contributed by atoms with van der Waals surface area (Å²) in [6.45, 7) is 1.86. The van der Waals surface area contributed by atoms with Crippen LogP contribution >= 0.6 is 0 Å². The summed E-state index contributed by atoms with van der Waals surface area (Å²) in [6, 6.07) is 7.56. The lowest BCUT2D eigenvalue weighted by molar-refractivity contribution is -0.117. The highest BCUT2D eigenvalue weighted by molar-refractivity contribution is 5.92. The first-order valence-corrected chi connectivity index (χ1v) is 7.04. The number of carbonyl (C=O) groups is 1. The molecule has 0 aliphatic rings. The molecule has 0 radical (unpaired) electrons. The highest BCUT2D eigenvalue weighted by Gasteiger charge is 2.08. The van der Waals surface area contributed by atoms with Crippen LogP contribution in [0.5, 0.6) is 0 Å². The maximum atomic E-state index is 11.9. The number of nitrogens with two attached hydrogens (primary N) is 1. The Hall–Kier alpha value is -1.43. The van der Waals surface area contributed by atoms with Crippen LogP contribution in [-0.2, 0) is 11.3 Å². The van der Waals surface area contributed by atoms with Gasteiger partial charge in [-0.05, 0) is 44.5 Å². The van der Waals surface area contributed by atoms with Gasteiger partial charge in [-0.25, -0.2) is 0 Å². The number of nitrogens with zero attached hydrogens (tertiary/aromatic N) is 1. The average molecular weight is 279 g/mol. The van der Waals surface area contributed by atoms with Crippen LogP contribution in [0.1, 0.15) is 24.8 Å². The van der Waals surface area contributed by atoms with Gasteiger partial charge in [0.1, 0.15) is 0 Å². The molecule has 4 N–H and O–H groups in total. The third-order valence-corrected chi connectivity index (χ3v) is 3.12. The van der Waals surface area contributed by atoms with E-state index in [0.29, 0.717) is 13.1 Å². The fraction of sp³-hybridized carbons (Fsp3) is 0.533. The second-order valence-corrected chi connectivity index (χ2v) is 4.93. The molecule has 0 heterocycles. The SMILES string of the molecule is CN(CCCCCO)CC(=O)Nc1ccccc1CN. The first-order chi connectivity index (χ1) is 9.67. The summed E-state index contributed by atoms with van der Waals surface area (Å²) in [4.78, 5) is 13.9. The van der Waals surface area contributed by atoms with E-state index in [0.717, 1.165) is 37.1 Å². The van der Waals surface area contributed by atoms with Gasteiger partial charge in [-0.3, -0.25) is 9.69 Å². The number of likely N-dealkylation sites (N-methyl/N-ethyl adjacent to an activating group) is 1. The fourth-order valence-electron chi connectivity index (χ4n) is 2.00. The molecule has 112 valence electrons. The van der Waals surface area contributed by atoms with Gasteiger partial charge in [-0.2, -0.15) is 0 Å². The van der Waals surface area contributed by atoms with Crippen LogP contribution in [0.15, 0.2) is 24.3 Å². The number of amides is 1. The Morgan fingerprint density at radius 1 is 1.30 bits per heavy atom. The molecule has 0 saturated carbocycles. The topological polar surface area (TPSA) is 78.6 Å². The quantitative estimate of drug-likeness (QED) is 0.593. The molecule has 0 aromatic heterocycles. The Morgan fingerprint density at radius 2 is 2.05 bits per heavy atom. The van der Waals surface area contributed by atoms with Gasteiger partial charge in [0.05, 0.1) is 6.54 Å². The Kier molecular flexibility index (Phi) is 7.87. The molecule has 0 fully saturated rings. The predicted molar refractivity (Wildman–Crippen MR) is 81.4 cm³/mol. The summed E-state index contributed by atoms with van der Waals surface area (Å²) in [6.07, 6.45) is 2.80.